The van der Waals surface area contributed by atoms with Crippen LogP contribution in [0.4, 0.5) is 0 Å². The lowest BCUT2D eigenvalue weighted by atomic mass is 10.2. The predicted octanol–water partition coefficient (Wildman–Crippen LogP) is 0.356. The molecule has 1 aromatic heterocycles. The van der Waals surface area contributed by atoms with Crippen LogP contribution in [0.2, 0.25) is 0 Å². The summed E-state index contributed by atoms with van der Waals surface area (Å²) in [6, 6.07) is -0.864. The summed E-state index contributed by atoms with van der Waals surface area (Å²) in [5.74, 6) is -0.804. The van der Waals surface area contributed by atoms with Gasteiger partial charge < -0.3 is 15.0 Å². The van der Waals surface area contributed by atoms with Gasteiger partial charge in [0.1, 0.15) is 11.7 Å². The Labute approximate surface area is 103 Å². The molecule has 1 atom stereocenters. The van der Waals surface area contributed by atoms with Gasteiger partial charge in [0.25, 0.3) is 5.91 Å². The zero-order chi connectivity index (χ0) is 12.8. The lowest BCUT2D eigenvalue weighted by molar-refractivity contribution is -0.139. The lowest BCUT2D eigenvalue weighted by Gasteiger charge is -2.12. The van der Waals surface area contributed by atoms with E-state index in [9.17, 15) is 9.59 Å². The fourth-order valence-electron chi connectivity index (χ4n) is 1.26. The summed E-state index contributed by atoms with van der Waals surface area (Å²) < 4.78 is 1.63. The first-order valence-electron chi connectivity index (χ1n) is 5.05. The van der Waals surface area contributed by atoms with Gasteiger partial charge in [0.05, 0.1) is 6.33 Å². The topological polar surface area (TPSA) is 84.2 Å². The molecule has 1 amide bonds. The standard InChI is InChI=1S/C10H15N3O3S/c1-13-5-8(11-6-13)9(14)12-7(10(15)16)3-4-17-2/h5-7H,3-4H2,1-2H3,(H,12,14)(H,15,16)/t7-/m0/s1. The quantitative estimate of drug-likeness (QED) is 0.768. The molecule has 0 radical (unpaired) electrons. The molecule has 1 heterocycles. The van der Waals surface area contributed by atoms with Crippen molar-refractivity contribution in [2.45, 2.75) is 12.5 Å². The molecule has 0 spiro atoms. The molecule has 0 aromatic carbocycles. The molecule has 6 nitrogen and oxygen atoms in total. The second kappa shape index (κ2) is 6.29. The van der Waals surface area contributed by atoms with Gasteiger partial charge in [0.15, 0.2) is 0 Å². The van der Waals surface area contributed by atoms with E-state index in [4.69, 9.17) is 5.11 Å². The fraction of sp³-hybridized carbons (Fsp3) is 0.500. The van der Waals surface area contributed by atoms with Crippen molar-refractivity contribution in [2.75, 3.05) is 12.0 Å². The van der Waals surface area contributed by atoms with Crippen LogP contribution < -0.4 is 5.32 Å². The smallest absolute Gasteiger partial charge is 0.326 e. The molecular formula is C10H15N3O3S. The van der Waals surface area contributed by atoms with Crippen molar-refractivity contribution in [3.05, 3.63) is 18.2 Å². The van der Waals surface area contributed by atoms with Crippen molar-refractivity contribution >= 4 is 23.6 Å². The zero-order valence-corrected chi connectivity index (χ0v) is 10.5. The number of carboxylic acid groups (broad SMARTS) is 1. The number of aliphatic carboxylic acids is 1. The second-order valence-electron chi connectivity index (χ2n) is 3.57. The van der Waals surface area contributed by atoms with Gasteiger partial charge in [0.2, 0.25) is 0 Å². The van der Waals surface area contributed by atoms with Gasteiger partial charge in [-0.25, -0.2) is 9.78 Å². The Morgan fingerprint density at radius 2 is 2.35 bits per heavy atom. The molecule has 0 aliphatic rings. The van der Waals surface area contributed by atoms with Crippen LogP contribution >= 0.6 is 11.8 Å². The minimum atomic E-state index is -1.02. The summed E-state index contributed by atoms with van der Waals surface area (Å²) in [6.45, 7) is 0. The van der Waals surface area contributed by atoms with E-state index in [2.05, 4.69) is 10.3 Å². The van der Waals surface area contributed by atoms with Crippen molar-refractivity contribution in [1.29, 1.82) is 0 Å². The van der Waals surface area contributed by atoms with E-state index in [0.29, 0.717) is 12.2 Å². The maximum atomic E-state index is 11.7. The number of hydrogen-bond donors (Lipinski definition) is 2. The number of thioether (sulfide) groups is 1. The fourth-order valence-corrected chi connectivity index (χ4v) is 1.73. The summed E-state index contributed by atoms with van der Waals surface area (Å²) >= 11 is 1.54. The largest absolute Gasteiger partial charge is 0.480 e. The van der Waals surface area contributed by atoms with Crippen molar-refractivity contribution in [2.24, 2.45) is 7.05 Å². The van der Waals surface area contributed by atoms with Crippen LogP contribution in [0.25, 0.3) is 0 Å². The summed E-state index contributed by atoms with van der Waals surface area (Å²) in [7, 11) is 1.74. The van der Waals surface area contributed by atoms with Gasteiger partial charge in [0, 0.05) is 13.2 Å². The van der Waals surface area contributed by atoms with Gasteiger partial charge in [-0.15, -0.1) is 0 Å². The van der Waals surface area contributed by atoms with E-state index < -0.39 is 17.9 Å². The van der Waals surface area contributed by atoms with E-state index in [1.807, 2.05) is 6.26 Å². The minimum Gasteiger partial charge on any atom is -0.480 e. The van der Waals surface area contributed by atoms with Crippen molar-refractivity contribution in [3.8, 4) is 0 Å². The number of carbonyl (C=O) groups excluding carboxylic acids is 1. The van der Waals surface area contributed by atoms with Crippen LogP contribution in [-0.2, 0) is 11.8 Å². The second-order valence-corrected chi connectivity index (χ2v) is 4.56. The molecule has 7 heteroatoms. The lowest BCUT2D eigenvalue weighted by Crippen LogP contribution is -2.41. The number of carboxylic acids is 1. The Hall–Kier alpha value is -1.50. The Bertz CT molecular complexity index is 405. The number of amides is 1. The minimum absolute atomic E-state index is 0.225. The Morgan fingerprint density at radius 3 is 2.82 bits per heavy atom. The predicted molar refractivity (Wildman–Crippen MR) is 65.1 cm³/mol. The first-order valence-corrected chi connectivity index (χ1v) is 6.44. The molecule has 0 bridgehead atoms. The number of imidazole rings is 1. The molecule has 0 fully saturated rings. The molecular weight excluding hydrogens is 242 g/mol. The van der Waals surface area contributed by atoms with Crippen LogP contribution in [0, 0.1) is 0 Å². The molecule has 1 aromatic rings. The Kier molecular flexibility index (Phi) is 5.02. The molecule has 0 aliphatic heterocycles. The first kappa shape index (κ1) is 13.6. The molecule has 0 unspecified atom stereocenters. The normalized spacial score (nSPS) is 12.1. The maximum Gasteiger partial charge on any atom is 0.326 e. The highest BCUT2D eigenvalue weighted by Gasteiger charge is 2.20. The Morgan fingerprint density at radius 1 is 1.65 bits per heavy atom. The first-order chi connectivity index (χ1) is 8.04. The van der Waals surface area contributed by atoms with E-state index in [1.54, 1.807) is 29.6 Å². The van der Waals surface area contributed by atoms with Gasteiger partial charge in [-0.05, 0) is 18.4 Å². The SMILES string of the molecule is CSCC[C@H](NC(=O)c1cn(C)cn1)C(=O)O. The average molecular weight is 257 g/mol. The van der Waals surface area contributed by atoms with Crippen LogP contribution in [0.5, 0.6) is 0 Å². The van der Waals surface area contributed by atoms with E-state index in [-0.39, 0.29) is 5.69 Å². The third kappa shape index (κ3) is 4.10. The number of nitrogens with zero attached hydrogens (tertiary/aromatic N) is 2. The summed E-state index contributed by atoms with van der Waals surface area (Å²) in [5.41, 5.74) is 0.225. The molecule has 0 saturated carbocycles. The molecule has 2 N–H and O–H groups in total. The van der Waals surface area contributed by atoms with Crippen molar-refractivity contribution in [3.63, 3.8) is 0 Å². The van der Waals surface area contributed by atoms with E-state index in [1.165, 1.54) is 6.33 Å². The molecule has 1 rings (SSSR count). The van der Waals surface area contributed by atoms with Gasteiger partial charge in [-0.2, -0.15) is 11.8 Å². The summed E-state index contributed by atoms with van der Waals surface area (Å²) in [5, 5.41) is 11.4. The van der Waals surface area contributed by atoms with E-state index in [0.717, 1.165) is 0 Å². The highest BCUT2D eigenvalue weighted by Crippen LogP contribution is 2.02. The van der Waals surface area contributed by atoms with Crippen molar-refractivity contribution in [1.82, 2.24) is 14.9 Å². The van der Waals surface area contributed by atoms with Crippen LogP contribution in [-0.4, -0.2) is 44.6 Å². The molecule has 0 saturated heterocycles. The molecule has 0 aliphatic carbocycles. The molecule has 94 valence electrons. The number of aromatic nitrogens is 2. The number of carbonyl (C=O) groups is 2. The average Bonchev–Trinajstić information content (AvgIpc) is 2.70. The number of aryl methyl sites for hydroxylation is 1. The Balaban J connectivity index is 2.60. The summed E-state index contributed by atoms with van der Waals surface area (Å²) in [4.78, 5) is 26.5. The monoisotopic (exact) mass is 257 g/mol. The van der Waals surface area contributed by atoms with Gasteiger partial charge >= 0.3 is 5.97 Å². The number of rotatable bonds is 6. The van der Waals surface area contributed by atoms with Crippen LogP contribution in [0.3, 0.4) is 0 Å². The zero-order valence-electron chi connectivity index (χ0n) is 9.71. The highest BCUT2D eigenvalue weighted by molar-refractivity contribution is 7.98. The van der Waals surface area contributed by atoms with Gasteiger partial charge in [-0.1, -0.05) is 0 Å². The highest BCUT2D eigenvalue weighted by atomic mass is 32.2. The maximum absolute atomic E-state index is 11.7. The van der Waals surface area contributed by atoms with Crippen LogP contribution in [0.15, 0.2) is 12.5 Å². The van der Waals surface area contributed by atoms with E-state index >= 15 is 0 Å². The number of hydrogen-bond acceptors (Lipinski definition) is 4. The van der Waals surface area contributed by atoms with Crippen LogP contribution in [0.1, 0.15) is 16.9 Å². The van der Waals surface area contributed by atoms with Gasteiger partial charge in [-0.3, -0.25) is 4.79 Å². The summed E-state index contributed by atoms with van der Waals surface area (Å²) in [6.07, 6.45) is 5.32. The third-order valence-electron chi connectivity index (χ3n) is 2.15. The van der Waals surface area contributed by atoms with Crippen molar-refractivity contribution < 1.29 is 14.7 Å². The third-order valence-corrected chi connectivity index (χ3v) is 2.80. The molecule has 17 heavy (non-hydrogen) atoms. The number of nitrogens with one attached hydrogen (secondary N) is 1.